The molecule has 1 heterocycles. The molecule has 3 rings (SSSR count). The number of ether oxygens (including phenoxy) is 1. The monoisotopic (exact) mass is 278 g/mol. The van der Waals surface area contributed by atoms with Gasteiger partial charge < -0.3 is 4.74 Å². The lowest BCUT2D eigenvalue weighted by molar-refractivity contribution is -0.137. The largest absolute Gasteiger partial charge is 0.477 e. The first kappa shape index (κ1) is 12.7. The summed E-state index contributed by atoms with van der Waals surface area (Å²) in [4.78, 5) is 12.2. The van der Waals surface area contributed by atoms with Crippen LogP contribution in [0, 0.1) is 0 Å². The van der Waals surface area contributed by atoms with E-state index in [1.54, 1.807) is 30.3 Å². The van der Waals surface area contributed by atoms with Crippen LogP contribution in [0.3, 0.4) is 0 Å². The van der Waals surface area contributed by atoms with Crippen LogP contribution < -0.4 is 4.74 Å². The molecule has 0 bridgehead atoms. The molecule has 0 radical (unpaired) electrons. The van der Waals surface area contributed by atoms with E-state index in [-0.39, 0.29) is 17.1 Å². The zero-order valence-corrected chi connectivity index (χ0v) is 10.1. The average molecular weight is 278 g/mol. The molecule has 1 aliphatic rings. The molecule has 2 aromatic rings. The Kier molecular flexibility index (Phi) is 2.78. The van der Waals surface area contributed by atoms with Crippen molar-refractivity contribution in [3.05, 3.63) is 65.2 Å². The number of alkyl halides is 3. The Labute approximate surface area is 112 Å². The van der Waals surface area contributed by atoms with E-state index in [0.29, 0.717) is 5.56 Å². The Morgan fingerprint density at radius 2 is 1.70 bits per heavy atom. The molecule has 2 aromatic carbocycles. The van der Waals surface area contributed by atoms with Crippen molar-refractivity contribution in [1.82, 2.24) is 0 Å². The first-order valence-electron chi connectivity index (χ1n) is 5.94. The zero-order valence-electron chi connectivity index (χ0n) is 10.1. The van der Waals surface area contributed by atoms with Gasteiger partial charge in [-0.2, -0.15) is 13.2 Å². The van der Waals surface area contributed by atoms with Gasteiger partial charge in [-0.15, -0.1) is 0 Å². The van der Waals surface area contributed by atoms with Crippen molar-refractivity contribution in [2.75, 3.05) is 0 Å². The molecule has 1 atom stereocenters. The molecule has 1 aliphatic heterocycles. The van der Waals surface area contributed by atoms with Crippen LogP contribution in [0.4, 0.5) is 13.2 Å². The predicted octanol–water partition coefficient (Wildman–Crippen LogP) is 4.02. The number of carbonyl (C=O) groups is 1. The minimum atomic E-state index is -4.45. The zero-order chi connectivity index (χ0) is 14.3. The first-order valence-corrected chi connectivity index (χ1v) is 5.94. The van der Waals surface area contributed by atoms with Crippen LogP contribution in [0.1, 0.15) is 27.6 Å². The van der Waals surface area contributed by atoms with E-state index in [4.69, 9.17) is 4.74 Å². The molecule has 0 spiro atoms. The minimum absolute atomic E-state index is 0.0151. The van der Waals surface area contributed by atoms with Crippen LogP contribution in [0.2, 0.25) is 0 Å². The average Bonchev–Trinajstić information content (AvgIpc) is 2.76. The maximum absolute atomic E-state index is 12.6. The van der Waals surface area contributed by atoms with Crippen molar-refractivity contribution >= 4 is 5.78 Å². The van der Waals surface area contributed by atoms with E-state index in [2.05, 4.69) is 0 Å². The van der Waals surface area contributed by atoms with E-state index in [1.807, 2.05) is 0 Å². The van der Waals surface area contributed by atoms with Gasteiger partial charge in [0.2, 0.25) is 5.78 Å². The van der Waals surface area contributed by atoms with Crippen LogP contribution in [-0.4, -0.2) is 5.78 Å². The molecular weight excluding hydrogens is 269 g/mol. The van der Waals surface area contributed by atoms with Gasteiger partial charge in [-0.25, -0.2) is 0 Å². The second-order valence-corrected chi connectivity index (χ2v) is 4.48. The summed E-state index contributed by atoms with van der Waals surface area (Å²) in [6.07, 6.45) is -5.32. The predicted molar refractivity (Wildman–Crippen MR) is 65.6 cm³/mol. The number of Topliss-reactive ketones (excluding diaryl/α,β-unsaturated/α-hetero) is 1. The highest BCUT2D eigenvalue weighted by Gasteiger charge is 2.37. The third-order valence-corrected chi connectivity index (χ3v) is 3.16. The third-order valence-electron chi connectivity index (χ3n) is 3.16. The number of carbonyl (C=O) groups excluding carboxylic acids is 1. The van der Waals surface area contributed by atoms with Gasteiger partial charge in [0.1, 0.15) is 5.75 Å². The number of hydrogen-bond donors (Lipinski definition) is 0. The van der Waals surface area contributed by atoms with Gasteiger partial charge in [0, 0.05) is 5.56 Å². The molecule has 0 saturated carbocycles. The Hall–Kier alpha value is -2.30. The quantitative estimate of drug-likeness (QED) is 0.787. The molecule has 5 heteroatoms. The van der Waals surface area contributed by atoms with Gasteiger partial charge in [0.15, 0.2) is 6.10 Å². The fourth-order valence-corrected chi connectivity index (χ4v) is 2.17. The number of rotatable bonds is 1. The van der Waals surface area contributed by atoms with Gasteiger partial charge in [-0.05, 0) is 18.2 Å². The van der Waals surface area contributed by atoms with E-state index in [0.717, 1.165) is 12.1 Å². The van der Waals surface area contributed by atoms with Gasteiger partial charge in [-0.1, -0.05) is 30.3 Å². The standard InChI is InChI=1S/C15H9F3O2/c16-15(17,18)10-6-7-11-12(8-10)20-14(13(11)19)9-4-2-1-3-5-9/h1-8,14H. The van der Waals surface area contributed by atoms with E-state index in [9.17, 15) is 18.0 Å². The summed E-state index contributed by atoms with van der Waals surface area (Å²) in [5.74, 6) is -0.335. The number of hydrogen-bond acceptors (Lipinski definition) is 2. The second kappa shape index (κ2) is 4.37. The first-order chi connectivity index (χ1) is 9.47. The number of halogens is 3. The summed E-state index contributed by atoms with van der Waals surface area (Å²) in [6.45, 7) is 0. The molecule has 0 aromatic heterocycles. The smallest absolute Gasteiger partial charge is 0.416 e. The van der Waals surface area contributed by atoms with Crippen LogP contribution >= 0.6 is 0 Å². The van der Waals surface area contributed by atoms with E-state index >= 15 is 0 Å². The molecule has 1 unspecified atom stereocenters. The molecule has 0 N–H and O–H groups in total. The molecule has 0 saturated heterocycles. The number of ketones is 1. The lowest BCUT2D eigenvalue weighted by atomic mass is 10.0. The Morgan fingerprint density at radius 1 is 1.00 bits per heavy atom. The fraction of sp³-hybridized carbons (Fsp3) is 0.133. The topological polar surface area (TPSA) is 26.3 Å². The summed E-state index contributed by atoms with van der Waals surface area (Å²) in [6, 6.07) is 11.6. The number of benzene rings is 2. The molecular formula is C15H9F3O2. The van der Waals surface area contributed by atoms with Crippen molar-refractivity contribution in [2.24, 2.45) is 0 Å². The highest BCUT2D eigenvalue weighted by molar-refractivity contribution is 6.05. The fourth-order valence-electron chi connectivity index (χ4n) is 2.17. The molecule has 0 aliphatic carbocycles. The molecule has 0 fully saturated rings. The molecule has 102 valence electrons. The SMILES string of the molecule is O=C1c2ccc(C(F)(F)F)cc2OC1c1ccccc1. The van der Waals surface area contributed by atoms with Crippen molar-refractivity contribution in [3.8, 4) is 5.75 Å². The lowest BCUT2D eigenvalue weighted by Gasteiger charge is -2.10. The van der Waals surface area contributed by atoms with E-state index < -0.39 is 17.8 Å². The summed E-state index contributed by atoms with van der Waals surface area (Å²) in [7, 11) is 0. The number of fused-ring (bicyclic) bond motifs is 1. The highest BCUT2D eigenvalue weighted by atomic mass is 19.4. The normalized spacial score (nSPS) is 17.8. The summed E-state index contributed by atoms with van der Waals surface area (Å²) < 4.78 is 43.3. The third kappa shape index (κ3) is 2.05. The van der Waals surface area contributed by atoms with Crippen LogP contribution in [0.15, 0.2) is 48.5 Å². The highest BCUT2D eigenvalue weighted by Crippen LogP contribution is 2.40. The molecule has 2 nitrogen and oxygen atoms in total. The Bertz CT molecular complexity index is 663. The summed E-state index contributed by atoms with van der Waals surface area (Å²) >= 11 is 0. The lowest BCUT2D eigenvalue weighted by Crippen LogP contribution is -2.10. The second-order valence-electron chi connectivity index (χ2n) is 4.48. The van der Waals surface area contributed by atoms with Crippen molar-refractivity contribution in [3.63, 3.8) is 0 Å². The maximum Gasteiger partial charge on any atom is 0.416 e. The van der Waals surface area contributed by atoms with Gasteiger partial charge in [0.05, 0.1) is 11.1 Å². The maximum atomic E-state index is 12.6. The van der Waals surface area contributed by atoms with Crippen molar-refractivity contribution < 1.29 is 22.7 Å². The summed E-state index contributed by atoms with van der Waals surface area (Å²) in [5, 5.41) is 0. The minimum Gasteiger partial charge on any atom is -0.477 e. The van der Waals surface area contributed by atoms with Gasteiger partial charge in [-0.3, -0.25) is 4.79 Å². The van der Waals surface area contributed by atoms with Gasteiger partial charge >= 0.3 is 6.18 Å². The van der Waals surface area contributed by atoms with Crippen LogP contribution in [0.25, 0.3) is 0 Å². The van der Waals surface area contributed by atoms with Crippen molar-refractivity contribution in [1.29, 1.82) is 0 Å². The Morgan fingerprint density at radius 3 is 2.35 bits per heavy atom. The molecule has 0 amide bonds. The van der Waals surface area contributed by atoms with Gasteiger partial charge in [0.25, 0.3) is 0 Å². The van der Waals surface area contributed by atoms with Crippen molar-refractivity contribution in [2.45, 2.75) is 12.3 Å². The van der Waals surface area contributed by atoms with Crippen LogP contribution in [0.5, 0.6) is 5.75 Å². The summed E-state index contributed by atoms with van der Waals surface area (Å²) in [5.41, 5.74) is -0.00752. The van der Waals surface area contributed by atoms with Crippen LogP contribution in [-0.2, 0) is 6.18 Å². The molecule has 20 heavy (non-hydrogen) atoms. The Balaban J connectivity index is 1.99. The van der Waals surface area contributed by atoms with E-state index in [1.165, 1.54) is 6.07 Å².